The predicted octanol–water partition coefficient (Wildman–Crippen LogP) is 0.283. The van der Waals surface area contributed by atoms with Crippen LogP contribution in [0.2, 0.25) is 0 Å². The average molecular weight is 272 g/mol. The molecule has 0 unspecified atom stereocenters. The quantitative estimate of drug-likeness (QED) is 0.630. The summed E-state index contributed by atoms with van der Waals surface area (Å²) in [4.78, 5) is 38.7. The van der Waals surface area contributed by atoms with E-state index in [2.05, 4.69) is 15.6 Å². The number of aromatic nitrogens is 2. The highest BCUT2D eigenvalue weighted by Gasteiger charge is 2.14. The maximum Gasteiger partial charge on any atom is 0.325 e. The molecule has 0 bridgehead atoms. The molecule has 2 aromatic rings. The van der Waals surface area contributed by atoms with Gasteiger partial charge in [0.25, 0.3) is 11.5 Å². The van der Waals surface area contributed by atoms with E-state index < -0.39 is 17.2 Å². The fourth-order valence-electron chi connectivity index (χ4n) is 2.16. The van der Waals surface area contributed by atoms with Crippen molar-refractivity contribution >= 4 is 17.3 Å². The summed E-state index contributed by atoms with van der Waals surface area (Å²) in [7, 11) is 0. The summed E-state index contributed by atoms with van der Waals surface area (Å²) in [5, 5.41) is 5.86. The van der Waals surface area contributed by atoms with Gasteiger partial charge in [-0.2, -0.15) is 0 Å². The number of amides is 1. The number of carbonyl (C=O) groups is 1. The summed E-state index contributed by atoms with van der Waals surface area (Å²) < 4.78 is 0. The van der Waals surface area contributed by atoms with Crippen molar-refractivity contribution in [1.82, 2.24) is 9.97 Å². The fraction of sp³-hybridized carbons (Fsp3) is 0.154. The topological polar surface area (TPSA) is 107 Å². The highest BCUT2D eigenvalue weighted by atomic mass is 16.2. The van der Waals surface area contributed by atoms with Gasteiger partial charge in [0.2, 0.25) is 0 Å². The molecule has 0 radical (unpaired) electrons. The Morgan fingerprint density at radius 1 is 1.25 bits per heavy atom. The van der Waals surface area contributed by atoms with Gasteiger partial charge in [0, 0.05) is 24.1 Å². The molecule has 0 saturated carbocycles. The zero-order valence-corrected chi connectivity index (χ0v) is 10.4. The van der Waals surface area contributed by atoms with Crippen LogP contribution in [0, 0.1) is 0 Å². The minimum absolute atomic E-state index is 0.136. The first-order valence-electron chi connectivity index (χ1n) is 6.13. The van der Waals surface area contributed by atoms with E-state index >= 15 is 0 Å². The second-order valence-electron chi connectivity index (χ2n) is 4.49. The minimum atomic E-state index is -0.714. The molecule has 1 amide bonds. The Kier molecular flexibility index (Phi) is 2.86. The molecule has 7 nitrogen and oxygen atoms in total. The van der Waals surface area contributed by atoms with Gasteiger partial charge in [-0.3, -0.25) is 14.6 Å². The highest BCUT2D eigenvalue weighted by molar-refractivity contribution is 6.03. The summed E-state index contributed by atoms with van der Waals surface area (Å²) >= 11 is 0. The molecular weight excluding hydrogens is 260 g/mol. The van der Waals surface area contributed by atoms with Gasteiger partial charge in [0.1, 0.15) is 5.56 Å². The number of aromatic amines is 2. The second-order valence-corrected chi connectivity index (χ2v) is 4.49. The lowest BCUT2D eigenvalue weighted by molar-refractivity contribution is 0.102. The number of rotatable bonds is 2. The van der Waals surface area contributed by atoms with Crippen molar-refractivity contribution in [3.8, 4) is 0 Å². The summed E-state index contributed by atoms with van der Waals surface area (Å²) in [5.74, 6) is -0.562. The predicted molar refractivity (Wildman–Crippen MR) is 74.3 cm³/mol. The van der Waals surface area contributed by atoms with E-state index in [1.54, 1.807) is 6.07 Å². The Labute approximate surface area is 113 Å². The maximum atomic E-state index is 12.0. The first-order chi connectivity index (χ1) is 9.63. The van der Waals surface area contributed by atoms with Crippen molar-refractivity contribution in [2.45, 2.75) is 6.42 Å². The fourth-order valence-corrected chi connectivity index (χ4v) is 2.16. The van der Waals surface area contributed by atoms with Crippen LogP contribution >= 0.6 is 0 Å². The molecule has 1 aromatic heterocycles. The Bertz CT molecular complexity index is 791. The highest BCUT2D eigenvalue weighted by Crippen LogP contribution is 2.25. The largest absolute Gasteiger partial charge is 0.384 e. The van der Waals surface area contributed by atoms with E-state index in [1.165, 1.54) is 0 Å². The van der Waals surface area contributed by atoms with Crippen molar-refractivity contribution in [2.75, 3.05) is 17.2 Å². The number of anilines is 2. The smallest absolute Gasteiger partial charge is 0.325 e. The molecule has 3 rings (SSSR count). The van der Waals surface area contributed by atoms with Crippen LogP contribution in [0.3, 0.4) is 0 Å². The van der Waals surface area contributed by atoms with E-state index in [0.717, 1.165) is 30.4 Å². The zero-order valence-electron chi connectivity index (χ0n) is 10.4. The summed E-state index contributed by atoms with van der Waals surface area (Å²) in [5.41, 5.74) is 1.30. The number of hydrogen-bond acceptors (Lipinski definition) is 4. The number of benzene rings is 1. The lowest BCUT2D eigenvalue weighted by atomic mass is 10.1. The summed E-state index contributed by atoms with van der Waals surface area (Å²) in [6.07, 6.45) is 2.00. The van der Waals surface area contributed by atoms with Crippen molar-refractivity contribution in [1.29, 1.82) is 0 Å². The van der Waals surface area contributed by atoms with Crippen molar-refractivity contribution in [3.63, 3.8) is 0 Å². The normalized spacial score (nSPS) is 12.6. The molecule has 2 heterocycles. The van der Waals surface area contributed by atoms with Gasteiger partial charge < -0.3 is 15.6 Å². The molecule has 0 aliphatic carbocycles. The number of hydrogen-bond donors (Lipinski definition) is 4. The van der Waals surface area contributed by atoms with Crippen LogP contribution in [0.4, 0.5) is 11.4 Å². The maximum absolute atomic E-state index is 12.0. The third-order valence-corrected chi connectivity index (χ3v) is 3.14. The average Bonchev–Trinajstić information content (AvgIpc) is 2.85. The molecule has 0 spiro atoms. The molecule has 4 N–H and O–H groups in total. The molecule has 20 heavy (non-hydrogen) atoms. The van der Waals surface area contributed by atoms with Crippen LogP contribution in [0.25, 0.3) is 0 Å². The SMILES string of the molecule is O=C(Nc1ccc2c(c1)CCN2)c1c[nH]c(=O)[nH]c1=O. The van der Waals surface area contributed by atoms with E-state index in [0.29, 0.717) is 5.69 Å². The minimum Gasteiger partial charge on any atom is -0.384 e. The van der Waals surface area contributed by atoms with Crippen LogP contribution in [-0.2, 0) is 6.42 Å². The monoisotopic (exact) mass is 272 g/mol. The van der Waals surface area contributed by atoms with Gasteiger partial charge in [0.15, 0.2) is 0 Å². The summed E-state index contributed by atoms with van der Waals surface area (Å²) in [6, 6.07) is 5.51. The van der Waals surface area contributed by atoms with Gasteiger partial charge in [0.05, 0.1) is 0 Å². The molecule has 0 atom stereocenters. The molecular formula is C13H12N4O3. The van der Waals surface area contributed by atoms with Crippen molar-refractivity contribution in [3.05, 3.63) is 56.4 Å². The Morgan fingerprint density at radius 3 is 2.90 bits per heavy atom. The second kappa shape index (κ2) is 4.69. The Morgan fingerprint density at radius 2 is 2.10 bits per heavy atom. The molecule has 1 aromatic carbocycles. The van der Waals surface area contributed by atoms with Crippen molar-refractivity contribution < 1.29 is 4.79 Å². The van der Waals surface area contributed by atoms with Crippen LogP contribution < -0.4 is 21.9 Å². The third kappa shape index (κ3) is 2.20. The van der Waals surface area contributed by atoms with E-state index in [4.69, 9.17) is 0 Å². The summed E-state index contributed by atoms with van der Waals surface area (Å²) in [6.45, 7) is 0.881. The lowest BCUT2D eigenvalue weighted by Crippen LogP contribution is -2.29. The van der Waals surface area contributed by atoms with Crippen LogP contribution in [0.15, 0.2) is 34.0 Å². The molecule has 0 fully saturated rings. The van der Waals surface area contributed by atoms with Gasteiger partial charge in [-0.1, -0.05) is 0 Å². The number of H-pyrrole nitrogens is 2. The molecule has 0 saturated heterocycles. The lowest BCUT2D eigenvalue weighted by Gasteiger charge is -2.06. The number of nitrogens with one attached hydrogen (secondary N) is 4. The first kappa shape index (κ1) is 12.2. The number of carbonyl (C=O) groups excluding carboxylic acids is 1. The zero-order chi connectivity index (χ0) is 14.1. The standard InChI is InChI=1S/C13H12N4O3/c18-11(9-6-15-13(20)17-12(9)19)16-8-1-2-10-7(5-8)3-4-14-10/h1-2,5-6,14H,3-4H2,(H,16,18)(H2,15,17,19,20). The van der Waals surface area contributed by atoms with Crippen LogP contribution in [0.5, 0.6) is 0 Å². The van der Waals surface area contributed by atoms with E-state index in [1.807, 2.05) is 17.1 Å². The number of fused-ring (bicyclic) bond motifs is 1. The Balaban J connectivity index is 1.86. The van der Waals surface area contributed by atoms with Gasteiger partial charge in [-0.15, -0.1) is 0 Å². The Hall–Kier alpha value is -2.83. The molecule has 1 aliphatic rings. The van der Waals surface area contributed by atoms with Gasteiger partial charge >= 0.3 is 5.69 Å². The van der Waals surface area contributed by atoms with Crippen molar-refractivity contribution in [2.24, 2.45) is 0 Å². The molecule has 7 heteroatoms. The van der Waals surface area contributed by atoms with Crippen LogP contribution in [0.1, 0.15) is 15.9 Å². The van der Waals surface area contributed by atoms with Gasteiger partial charge in [-0.05, 0) is 30.2 Å². The van der Waals surface area contributed by atoms with Crippen LogP contribution in [-0.4, -0.2) is 22.4 Å². The first-order valence-corrected chi connectivity index (χ1v) is 6.13. The van der Waals surface area contributed by atoms with E-state index in [9.17, 15) is 14.4 Å². The third-order valence-electron chi connectivity index (χ3n) is 3.14. The van der Waals surface area contributed by atoms with E-state index in [-0.39, 0.29) is 5.56 Å². The molecule has 102 valence electrons. The van der Waals surface area contributed by atoms with Gasteiger partial charge in [-0.25, -0.2) is 4.79 Å². The molecule has 1 aliphatic heterocycles.